The lowest BCUT2D eigenvalue weighted by Crippen LogP contribution is -2.37. The lowest BCUT2D eigenvalue weighted by Gasteiger charge is -2.21. The minimum Gasteiger partial charge on any atom is -0.352 e. The molecule has 0 saturated heterocycles. The van der Waals surface area contributed by atoms with E-state index >= 15 is 0 Å². The summed E-state index contributed by atoms with van der Waals surface area (Å²) >= 11 is 1.46. The molecular formula is C15H17N3O3S. The molecule has 0 spiro atoms. The van der Waals surface area contributed by atoms with Gasteiger partial charge in [0.1, 0.15) is 0 Å². The number of carbonyl (C=O) groups is 3. The minimum atomic E-state index is -0.327. The van der Waals surface area contributed by atoms with Crippen molar-refractivity contribution in [2.75, 3.05) is 11.9 Å². The zero-order valence-electron chi connectivity index (χ0n) is 12.1. The molecule has 7 heteroatoms. The van der Waals surface area contributed by atoms with Crippen LogP contribution in [-0.2, 0) is 9.59 Å². The zero-order valence-corrected chi connectivity index (χ0v) is 13.0. The Morgan fingerprint density at radius 2 is 2.14 bits per heavy atom. The van der Waals surface area contributed by atoms with Crippen molar-refractivity contribution in [1.29, 1.82) is 0 Å². The second-order valence-electron chi connectivity index (χ2n) is 5.48. The fourth-order valence-corrected chi connectivity index (χ4v) is 3.05. The van der Waals surface area contributed by atoms with Crippen molar-refractivity contribution in [2.24, 2.45) is 0 Å². The van der Waals surface area contributed by atoms with Crippen LogP contribution in [0.25, 0.3) is 0 Å². The van der Waals surface area contributed by atoms with Crippen LogP contribution in [0.2, 0.25) is 0 Å². The van der Waals surface area contributed by atoms with Gasteiger partial charge in [0.05, 0.1) is 17.5 Å². The first-order valence-corrected chi connectivity index (χ1v) is 8.10. The molecular weight excluding hydrogens is 302 g/mol. The Balaban J connectivity index is 1.62. The number of benzene rings is 1. The Morgan fingerprint density at radius 3 is 2.86 bits per heavy atom. The average Bonchev–Trinajstić information content (AvgIpc) is 3.29. The first-order valence-electron chi connectivity index (χ1n) is 7.22. The van der Waals surface area contributed by atoms with E-state index in [0.29, 0.717) is 11.3 Å². The molecule has 1 heterocycles. The van der Waals surface area contributed by atoms with Crippen molar-refractivity contribution in [2.45, 2.75) is 36.0 Å². The second kappa shape index (κ2) is 6.00. The average molecular weight is 319 g/mol. The predicted octanol–water partition coefficient (Wildman–Crippen LogP) is 1.13. The Kier molecular flexibility index (Phi) is 4.06. The largest absolute Gasteiger partial charge is 0.352 e. The lowest BCUT2D eigenvalue weighted by molar-refractivity contribution is -0.120. The third-order valence-electron chi connectivity index (χ3n) is 3.52. The van der Waals surface area contributed by atoms with Crippen LogP contribution in [0.4, 0.5) is 5.69 Å². The van der Waals surface area contributed by atoms with Crippen LogP contribution in [0.3, 0.4) is 0 Å². The first-order chi connectivity index (χ1) is 10.5. The molecule has 0 bridgehead atoms. The molecule has 6 nitrogen and oxygen atoms in total. The molecule has 1 aliphatic heterocycles. The van der Waals surface area contributed by atoms with E-state index in [9.17, 15) is 14.4 Å². The molecule has 1 fully saturated rings. The van der Waals surface area contributed by atoms with Crippen molar-refractivity contribution in [3.63, 3.8) is 0 Å². The summed E-state index contributed by atoms with van der Waals surface area (Å²) in [5.41, 5.74) is 1.07. The zero-order chi connectivity index (χ0) is 15.7. The second-order valence-corrected chi connectivity index (χ2v) is 6.87. The molecule has 1 aromatic carbocycles. The van der Waals surface area contributed by atoms with E-state index < -0.39 is 0 Å². The van der Waals surface area contributed by atoms with E-state index in [2.05, 4.69) is 16.0 Å². The van der Waals surface area contributed by atoms with Gasteiger partial charge in [0.15, 0.2) is 0 Å². The SMILES string of the molecule is C[C@H]1Sc2ccc(C(=O)NCC(=O)NC3CC3)cc2NC1=O. The number of hydrogen-bond acceptors (Lipinski definition) is 4. The summed E-state index contributed by atoms with van der Waals surface area (Å²) in [6.07, 6.45) is 2.03. The lowest BCUT2D eigenvalue weighted by atomic mass is 10.1. The molecule has 2 aliphatic rings. The molecule has 1 aromatic rings. The molecule has 0 unspecified atom stereocenters. The van der Waals surface area contributed by atoms with Gasteiger partial charge in [0.25, 0.3) is 5.91 Å². The predicted molar refractivity (Wildman–Crippen MR) is 83.9 cm³/mol. The number of fused-ring (bicyclic) bond motifs is 1. The maximum Gasteiger partial charge on any atom is 0.251 e. The minimum absolute atomic E-state index is 0.0371. The highest BCUT2D eigenvalue weighted by Gasteiger charge is 2.25. The molecule has 116 valence electrons. The molecule has 22 heavy (non-hydrogen) atoms. The summed E-state index contributed by atoms with van der Waals surface area (Å²) in [6, 6.07) is 5.43. The van der Waals surface area contributed by atoms with Gasteiger partial charge >= 0.3 is 0 Å². The standard InChI is InChI=1S/C15H17N3O3S/c1-8-14(20)18-11-6-9(2-5-12(11)22-8)15(21)16-7-13(19)17-10-3-4-10/h2,5-6,8,10H,3-4,7H2,1H3,(H,16,21)(H,17,19)(H,18,20)/t8-/m1/s1. The topological polar surface area (TPSA) is 87.3 Å². The molecule has 1 saturated carbocycles. The van der Waals surface area contributed by atoms with E-state index in [1.54, 1.807) is 12.1 Å². The molecule has 3 rings (SSSR count). The van der Waals surface area contributed by atoms with Crippen molar-refractivity contribution in [3.8, 4) is 0 Å². The Bertz CT molecular complexity index is 643. The monoisotopic (exact) mass is 319 g/mol. The number of rotatable bonds is 4. The van der Waals surface area contributed by atoms with Crippen molar-refractivity contribution in [3.05, 3.63) is 23.8 Å². The Labute approximate surface area is 132 Å². The van der Waals surface area contributed by atoms with Crippen LogP contribution in [0.15, 0.2) is 23.1 Å². The highest BCUT2D eigenvalue weighted by Crippen LogP contribution is 2.35. The number of nitrogens with one attached hydrogen (secondary N) is 3. The molecule has 1 aliphatic carbocycles. The summed E-state index contributed by atoms with van der Waals surface area (Å²) in [4.78, 5) is 36.2. The van der Waals surface area contributed by atoms with Gasteiger partial charge in [-0.2, -0.15) is 0 Å². The van der Waals surface area contributed by atoms with Gasteiger partial charge in [-0.05, 0) is 38.0 Å². The molecule has 0 aromatic heterocycles. The molecule has 3 N–H and O–H groups in total. The summed E-state index contributed by atoms with van der Waals surface area (Å²) < 4.78 is 0. The summed E-state index contributed by atoms with van der Waals surface area (Å²) in [5.74, 6) is -0.572. The van der Waals surface area contributed by atoms with Gasteiger partial charge in [-0.25, -0.2) is 0 Å². The van der Waals surface area contributed by atoms with Crippen molar-refractivity contribution in [1.82, 2.24) is 10.6 Å². The van der Waals surface area contributed by atoms with Crippen LogP contribution < -0.4 is 16.0 Å². The van der Waals surface area contributed by atoms with Crippen molar-refractivity contribution < 1.29 is 14.4 Å². The number of hydrogen-bond donors (Lipinski definition) is 3. The highest BCUT2D eigenvalue weighted by molar-refractivity contribution is 8.00. The smallest absolute Gasteiger partial charge is 0.251 e. The van der Waals surface area contributed by atoms with E-state index in [1.165, 1.54) is 11.8 Å². The number of amides is 3. The van der Waals surface area contributed by atoms with Gasteiger partial charge < -0.3 is 16.0 Å². The number of thioether (sulfide) groups is 1. The maximum atomic E-state index is 12.1. The van der Waals surface area contributed by atoms with Crippen LogP contribution in [-0.4, -0.2) is 35.6 Å². The summed E-state index contributed by atoms with van der Waals surface area (Å²) in [6.45, 7) is 1.80. The molecule has 1 atom stereocenters. The van der Waals surface area contributed by atoms with E-state index in [0.717, 1.165) is 17.7 Å². The van der Waals surface area contributed by atoms with Crippen LogP contribution in [0.1, 0.15) is 30.1 Å². The van der Waals surface area contributed by atoms with E-state index in [4.69, 9.17) is 0 Å². The van der Waals surface area contributed by atoms with Crippen LogP contribution in [0.5, 0.6) is 0 Å². The van der Waals surface area contributed by atoms with Crippen LogP contribution >= 0.6 is 11.8 Å². The fraction of sp³-hybridized carbons (Fsp3) is 0.400. The number of anilines is 1. The fourth-order valence-electron chi connectivity index (χ4n) is 2.12. The van der Waals surface area contributed by atoms with E-state index in [1.807, 2.05) is 13.0 Å². The van der Waals surface area contributed by atoms with E-state index in [-0.39, 0.29) is 35.6 Å². The van der Waals surface area contributed by atoms with Gasteiger partial charge in [-0.1, -0.05) is 0 Å². The van der Waals surface area contributed by atoms with Gasteiger partial charge in [0, 0.05) is 16.5 Å². The third-order valence-corrected chi connectivity index (χ3v) is 4.70. The van der Waals surface area contributed by atoms with Crippen LogP contribution in [0, 0.1) is 0 Å². The van der Waals surface area contributed by atoms with Gasteiger partial charge in [-0.15, -0.1) is 11.8 Å². The van der Waals surface area contributed by atoms with Crippen molar-refractivity contribution >= 4 is 35.2 Å². The maximum absolute atomic E-state index is 12.1. The normalized spacial score (nSPS) is 19.9. The van der Waals surface area contributed by atoms with Gasteiger partial charge in [0.2, 0.25) is 11.8 Å². The quantitative estimate of drug-likeness (QED) is 0.776. The summed E-state index contributed by atoms with van der Waals surface area (Å²) in [7, 11) is 0. The third kappa shape index (κ3) is 3.41. The molecule has 0 radical (unpaired) electrons. The Morgan fingerprint density at radius 1 is 1.36 bits per heavy atom. The number of carbonyl (C=O) groups excluding carboxylic acids is 3. The van der Waals surface area contributed by atoms with Gasteiger partial charge in [-0.3, -0.25) is 14.4 Å². The highest BCUT2D eigenvalue weighted by atomic mass is 32.2. The first kappa shape index (κ1) is 14.9. The summed E-state index contributed by atoms with van der Waals surface area (Å²) in [5, 5.41) is 8.04. The Hall–Kier alpha value is -2.02. The molecule has 3 amide bonds.